The molecule has 6 nitrogen and oxygen atoms in total. The van der Waals surface area contributed by atoms with Crippen LogP contribution in [0.15, 0.2) is 35.5 Å². The average molecular weight is 318 g/mol. The molecule has 0 aliphatic carbocycles. The lowest BCUT2D eigenvalue weighted by Crippen LogP contribution is -2.45. The average Bonchev–Trinajstić information content (AvgIpc) is 2.52. The van der Waals surface area contributed by atoms with Crippen LogP contribution in [0.4, 0.5) is 4.79 Å². The zero-order valence-electron chi connectivity index (χ0n) is 13.6. The molecule has 0 radical (unpaired) electrons. The third kappa shape index (κ3) is 4.03. The normalized spacial score (nSPS) is 17.3. The molecule has 0 bridgehead atoms. The summed E-state index contributed by atoms with van der Waals surface area (Å²) in [6.07, 6.45) is 0.738. The van der Waals surface area contributed by atoms with E-state index in [1.54, 1.807) is 6.92 Å². The summed E-state index contributed by atoms with van der Waals surface area (Å²) >= 11 is 0. The molecule has 0 saturated heterocycles. The number of ether oxygens (including phenoxy) is 2. The van der Waals surface area contributed by atoms with E-state index in [2.05, 4.69) is 10.6 Å². The summed E-state index contributed by atoms with van der Waals surface area (Å²) in [7, 11) is 0. The van der Waals surface area contributed by atoms with Crippen LogP contribution in [0.1, 0.15) is 38.8 Å². The van der Waals surface area contributed by atoms with Gasteiger partial charge >= 0.3 is 12.0 Å². The standard InChI is InChI=1S/C17H22N2O4/c1-4-9-23-16(20)14-11(3)18-17(21)19-15(14)12-7-6-8-13(10-12)22-5-2/h6-8,10,15H,4-5,9H2,1-3H3,(H2,18,19,21)/t15-/m1/s1. The van der Waals surface area contributed by atoms with Crippen molar-refractivity contribution in [3.05, 3.63) is 41.1 Å². The van der Waals surface area contributed by atoms with Crippen LogP contribution in [0.3, 0.4) is 0 Å². The molecule has 0 unspecified atom stereocenters. The molecule has 2 N–H and O–H groups in total. The smallest absolute Gasteiger partial charge is 0.338 e. The summed E-state index contributed by atoms with van der Waals surface area (Å²) < 4.78 is 10.7. The number of hydrogen-bond acceptors (Lipinski definition) is 4. The minimum absolute atomic E-state index is 0.343. The van der Waals surface area contributed by atoms with Crippen LogP contribution in [-0.4, -0.2) is 25.2 Å². The van der Waals surface area contributed by atoms with E-state index < -0.39 is 12.0 Å². The van der Waals surface area contributed by atoms with Gasteiger partial charge in [-0.15, -0.1) is 0 Å². The Bertz CT molecular complexity index is 625. The van der Waals surface area contributed by atoms with E-state index in [1.807, 2.05) is 38.1 Å². The summed E-state index contributed by atoms with van der Waals surface area (Å²) in [6.45, 7) is 6.41. The molecule has 23 heavy (non-hydrogen) atoms. The van der Waals surface area contributed by atoms with E-state index in [4.69, 9.17) is 9.47 Å². The highest BCUT2D eigenvalue weighted by Gasteiger charge is 2.32. The summed E-state index contributed by atoms with van der Waals surface area (Å²) in [5, 5.41) is 5.40. The van der Waals surface area contributed by atoms with Crippen LogP contribution in [0.5, 0.6) is 5.75 Å². The number of carbonyl (C=O) groups excluding carboxylic acids is 2. The zero-order valence-corrected chi connectivity index (χ0v) is 13.6. The van der Waals surface area contributed by atoms with Gasteiger partial charge in [0.15, 0.2) is 0 Å². The van der Waals surface area contributed by atoms with Crippen molar-refractivity contribution in [2.45, 2.75) is 33.2 Å². The van der Waals surface area contributed by atoms with E-state index in [9.17, 15) is 9.59 Å². The molecular formula is C17H22N2O4. The number of carbonyl (C=O) groups is 2. The second kappa shape index (κ2) is 7.67. The highest BCUT2D eigenvalue weighted by Crippen LogP contribution is 2.29. The van der Waals surface area contributed by atoms with Gasteiger partial charge in [-0.3, -0.25) is 0 Å². The van der Waals surface area contributed by atoms with E-state index in [-0.39, 0.29) is 6.03 Å². The van der Waals surface area contributed by atoms with Crippen LogP contribution < -0.4 is 15.4 Å². The lowest BCUT2D eigenvalue weighted by Gasteiger charge is -2.28. The van der Waals surface area contributed by atoms with Crippen molar-refractivity contribution in [2.75, 3.05) is 13.2 Å². The van der Waals surface area contributed by atoms with Crippen molar-refractivity contribution < 1.29 is 19.1 Å². The molecule has 1 aliphatic heterocycles. The predicted octanol–water partition coefficient (Wildman–Crippen LogP) is 2.67. The monoisotopic (exact) mass is 318 g/mol. The minimum Gasteiger partial charge on any atom is -0.494 e. The number of amides is 2. The molecule has 1 aliphatic rings. The van der Waals surface area contributed by atoms with Gasteiger partial charge in [-0.2, -0.15) is 0 Å². The second-order valence-corrected chi connectivity index (χ2v) is 5.21. The maximum atomic E-state index is 12.4. The summed E-state index contributed by atoms with van der Waals surface area (Å²) in [5.74, 6) is 0.264. The number of esters is 1. The summed E-state index contributed by atoms with van der Waals surface area (Å²) in [4.78, 5) is 24.2. The van der Waals surface area contributed by atoms with E-state index >= 15 is 0 Å². The van der Waals surface area contributed by atoms with Crippen molar-refractivity contribution >= 4 is 12.0 Å². The molecule has 2 rings (SSSR count). The molecule has 2 amide bonds. The quantitative estimate of drug-likeness (QED) is 0.791. The first kappa shape index (κ1) is 16.9. The maximum Gasteiger partial charge on any atom is 0.338 e. The fourth-order valence-corrected chi connectivity index (χ4v) is 2.44. The van der Waals surface area contributed by atoms with Crippen molar-refractivity contribution in [2.24, 2.45) is 0 Å². The van der Waals surface area contributed by atoms with Crippen molar-refractivity contribution in [1.29, 1.82) is 0 Å². The van der Waals surface area contributed by atoms with Crippen LogP contribution >= 0.6 is 0 Å². The SMILES string of the molecule is CCCOC(=O)C1=C(C)NC(=O)N[C@@H]1c1cccc(OCC)c1. The van der Waals surface area contributed by atoms with Gasteiger partial charge in [0.25, 0.3) is 0 Å². The van der Waals surface area contributed by atoms with Gasteiger partial charge in [-0.25, -0.2) is 9.59 Å². The molecule has 1 aromatic carbocycles. The first-order valence-electron chi connectivity index (χ1n) is 7.75. The number of hydrogen-bond donors (Lipinski definition) is 2. The van der Waals surface area contributed by atoms with Gasteiger partial charge in [0.1, 0.15) is 5.75 Å². The molecule has 1 atom stereocenters. The Balaban J connectivity index is 2.36. The summed E-state index contributed by atoms with van der Waals surface area (Å²) in [6, 6.07) is 6.43. The molecule has 0 spiro atoms. The maximum absolute atomic E-state index is 12.4. The second-order valence-electron chi connectivity index (χ2n) is 5.21. The number of rotatable bonds is 6. The molecule has 1 heterocycles. The van der Waals surface area contributed by atoms with Crippen molar-refractivity contribution in [1.82, 2.24) is 10.6 Å². The van der Waals surface area contributed by atoms with Gasteiger partial charge in [0.05, 0.1) is 24.8 Å². The molecule has 1 aromatic rings. The van der Waals surface area contributed by atoms with Gasteiger partial charge in [-0.05, 0) is 38.0 Å². The number of nitrogens with one attached hydrogen (secondary N) is 2. The van der Waals surface area contributed by atoms with Gasteiger partial charge in [0, 0.05) is 5.70 Å². The van der Waals surface area contributed by atoms with Gasteiger partial charge < -0.3 is 20.1 Å². The van der Waals surface area contributed by atoms with E-state index in [0.29, 0.717) is 30.2 Å². The van der Waals surface area contributed by atoms with E-state index in [0.717, 1.165) is 12.0 Å². The molecule has 0 saturated carbocycles. The number of benzene rings is 1. The highest BCUT2D eigenvalue weighted by atomic mass is 16.5. The highest BCUT2D eigenvalue weighted by molar-refractivity contribution is 5.95. The molecule has 0 fully saturated rings. The number of urea groups is 1. The predicted molar refractivity (Wildman–Crippen MR) is 86.0 cm³/mol. The Hall–Kier alpha value is -2.50. The van der Waals surface area contributed by atoms with Crippen LogP contribution in [0, 0.1) is 0 Å². The van der Waals surface area contributed by atoms with E-state index in [1.165, 1.54) is 0 Å². The fraction of sp³-hybridized carbons (Fsp3) is 0.412. The lowest BCUT2D eigenvalue weighted by atomic mass is 9.95. The Kier molecular flexibility index (Phi) is 5.62. The molecular weight excluding hydrogens is 296 g/mol. The Morgan fingerprint density at radius 3 is 2.78 bits per heavy atom. The topological polar surface area (TPSA) is 76.7 Å². The van der Waals surface area contributed by atoms with Crippen LogP contribution in [0.25, 0.3) is 0 Å². The molecule has 0 aromatic heterocycles. The fourth-order valence-electron chi connectivity index (χ4n) is 2.44. The first-order valence-corrected chi connectivity index (χ1v) is 7.75. The van der Waals surface area contributed by atoms with Crippen molar-refractivity contribution in [3.63, 3.8) is 0 Å². The van der Waals surface area contributed by atoms with Crippen molar-refractivity contribution in [3.8, 4) is 5.75 Å². The lowest BCUT2D eigenvalue weighted by molar-refractivity contribution is -0.139. The Morgan fingerprint density at radius 2 is 2.09 bits per heavy atom. The van der Waals surface area contributed by atoms with Gasteiger partial charge in [0.2, 0.25) is 0 Å². The summed E-state index contributed by atoms with van der Waals surface area (Å²) in [5.41, 5.74) is 1.68. The third-order valence-electron chi connectivity index (χ3n) is 3.43. The minimum atomic E-state index is -0.562. The van der Waals surface area contributed by atoms with Crippen LogP contribution in [-0.2, 0) is 9.53 Å². The first-order chi connectivity index (χ1) is 11.1. The number of allylic oxidation sites excluding steroid dienone is 1. The largest absolute Gasteiger partial charge is 0.494 e. The molecule has 124 valence electrons. The Morgan fingerprint density at radius 1 is 1.30 bits per heavy atom. The Labute approximate surface area is 135 Å². The zero-order chi connectivity index (χ0) is 16.8. The third-order valence-corrected chi connectivity index (χ3v) is 3.43. The van der Waals surface area contributed by atoms with Gasteiger partial charge in [-0.1, -0.05) is 19.1 Å². The van der Waals surface area contributed by atoms with Crippen LogP contribution in [0.2, 0.25) is 0 Å². The molecule has 6 heteroatoms.